The van der Waals surface area contributed by atoms with Crippen LogP contribution in [-0.4, -0.2) is 35.5 Å². The van der Waals surface area contributed by atoms with Crippen molar-refractivity contribution in [3.05, 3.63) is 11.6 Å². The normalized spacial score (nSPS) is 31.0. The number of carbonyl (C=O) groups excluding carboxylic acids is 2. The molecule has 0 aromatic heterocycles. The number of ether oxygens (including phenoxy) is 1. The summed E-state index contributed by atoms with van der Waals surface area (Å²) in [6.45, 7) is 4.70. The Morgan fingerprint density at radius 1 is 1.62 bits per heavy atom. The van der Waals surface area contributed by atoms with Gasteiger partial charge in [0, 0.05) is 19.4 Å². The van der Waals surface area contributed by atoms with Crippen LogP contribution in [0.4, 0.5) is 0 Å². The molecule has 4 nitrogen and oxygen atoms in total. The largest absolute Gasteiger partial charge is 0.464 e. The first-order chi connectivity index (χ1) is 7.64. The quantitative estimate of drug-likeness (QED) is 0.523. The van der Waals surface area contributed by atoms with E-state index in [1.807, 2.05) is 13.0 Å². The molecular weight excluding hydrogens is 206 g/mol. The molecular formula is C12H17NO3. The highest BCUT2D eigenvalue weighted by Gasteiger charge is 2.56. The Morgan fingerprint density at radius 2 is 2.38 bits per heavy atom. The number of carbonyl (C=O) groups is 2. The van der Waals surface area contributed by atoms with Crippen molar-refractivity contribution in [2.24, 2.45) is 0 Å². The molecule has 0 N–H and O–H groups in total. The van der Waals surface area contributed by atoms with Crippen LogP contribution in [0.25, 0.3) is 0 Å². The van der Waals surface area contributed by atoms with E-state index in [1.54, 1.807) is 11.8 Å². The minimum absolute atomic E-state index is 0.0740. The predicted octanol–water partition coefficient (Wildman–Crippen LogP) is 1.26. The highest BCUT2D eigenvalue weighted by Crippen LogP contribution is 2.42. The number of fused-ring (bicyclic) bond motifs is 1. The number of amides is 1. The highest BCUT2D eigenvalue weighted by atomic mass is 16.5. The molecule has 0 aromatic carbocycles. The van der Waals surface area contributed by atoms with Gasteiger partial charge in [0.05, 0.1) is 6.61 Å². The molecule has 0 radical (unpaired) electrons. The van der Waals surface area contributed by atoms with Crippen LogP contribution >= 0.6 is 0 Å². The summed E-state index contributed by atoms with van der Waals surface area (Å²) in [6, 6.07) is 0. The fourth-order valence-electron chi connectivity index (χ4n) is 2.62. The van der Waals surface area contributed by atoms with Gasteiger partial charge in [0.2, 0.25) is 5.91 Å². The van der Waals surface area contributed by atoms with Gasteiger partial charge >= 0.3 is 5.97 Å². The molecule has 0 saturated carbocycles. The van der Waals surface area contributed by atoms with Gasteiger partial charge in [0.15, 0.2) is 0 Å². The third-order valence-corrected chi connectivity index (χ3v) is 3.51. The Morgan fingerprint density at radius 3 is 3.00 bits per heavy atom. The smallest absolute Gasteiger partial charge is 0.332 e. The first kappa shape index (κ1) is 11.2. The summed E-state index contributed by atoms with van der Waals surface area (Å²) in [7, 11) is 0. The molecule has 88 valence electrons. The number of hydrogen-bond donors (Lipinski definition) is 0. The second-order valence-electron chi connectivity index (χ2n) is 4.36. The van der Waals surface area contributed by atoms with Crippen LogP contribution in [0.5, 0.6) is 0 Å². The van der Waals surface area contributed by atoms with E-state index in [2.05, 4.69) is 0 Å². The number of hydrogen-bond acceptors (Lipinski definition) is 3. The molecule has 2 aliphatic rings. The van der Waals surface area contributed by atoms with Crippen LogP contribution in [0, 0.1) is 0 Å². The number of allylic oxidation sites excluding steroid dienone is 1. The molecule has 2 rings (SSSR count). The van der Waals surface area contributed by atoms with Gasteiger partial charge in [-0.25, -0.2) is 4.79 Å². The van der Waals surface area contributed by atoms with E-state index in [0.717, 1.165) is 5.57 Å². The summed E-state index contributed by atoms with van der Waals surface area (Å²) in [5, 5.41) is 0. The number of rotatable bonds is 2. The number of esters is 1. The van der Waals surface area contributed by atoms with Crippen molar-refractivity contribution < 1.29 is 14.3 Å². The number of nitrogens with zero attached hydrogens (tertiary/aromatic N) is 1. The lowest BCUT2D eigenvalue weighted by molar-refractivity contribution is -0.157. The Hall–Kier alpha value is -1.32. The summed E-state index contributed by atoms with van der Waals surface area (Å²) in [6.07, 6.45) is 3.71. The molecule has 2 fully saturated rings. The van der Waals surface area contributed by atoms with Crippen molar-refractivity contribution in [1.29, 1.82) is 0 Å². The van der Waals surface area contributed by atoms with Crippen LogP contribution in [0.2, 0.25) is 0 Å². The summed E-state index contributed by atoms with van der Waals surface area (Å²) < 4.78 is 5.11. The summed E-state index contributed by atoms with van der Waals surface area (Å²) in [4.78, 5) is 25.4. The third kappa shape index (κ3) is 1.44. The molecule has 2 aliphatic heterocycles. The lowest BCUT2D eigenvalue weighted by atomic mass is 9.92. The van der Waals surface area contributed by atoms with Crippen LogP contribution in [0.1, 0.15) is 33.1 Å². The van der Waals surface area contributed by atoms with Gasteiger partial charge in [-0.2, -0.15) is 0 Å². The molecule has 0 spiro atoms. The fraction of sp³-hybridized carbons (Fsp3) is 0.667. The second-order valence-corrected chi connectivity index (χ2v) is 4.36. The summed E-state index contributed by atoms with van der Waals surface area (Å²) >= 11 is 0. The molecule has 1 unspecified atom stereocenters. The molecule has 16 heavy (non-hydrogen) atoms. The highest BCUT2D eigenvalue weighted by molar-refractivity contribution is 5.93. The first-order valence-electron chi connectivity index (χ1n) is 5.76. The minimum atomic E-state index is -0.686. The third-order valence-electron chi connectivity index (χ3n) is 3.51. The van der Waals surface area contributed by atoms with Gasteiger partial charge in [-0.3, -0.25) is 4.79 Å². The molecule has 0 bridgehead atoms. The van der Waals surface area contributed by atoms with Gasteiger partial charge in [0.1, 0.15) is 5.54 Å². The zero-order chi connectivity index (χ0) is 11.8. The van der Waals surface area contributed by atoms with Crippen LogP contribution in [0.15, 0.2) is 11.6 Å². The first-order valence-corrected chi connectivity index (χ1v) is 5.76. The fourth-order valence-corrected chi connectivity index (χ4v) is 2.62. The van der Waals surface area contributed by atoms with E-state index in [-0.39, 0.29) is 11.9 Å². The van der Waals surface area contributed by atoms with E-state index in [9.17, 15) is 9.59 Å². The Bertz CT molecular complexity index is 361. The van der Waals surface area contributed by atoms with Gasteiger partial charge in [-0.05, 0) is 20.3 Å². The van der Waals surface area contributed by atoms with E-state index in [4.69, 9.17) is 4.74 Å². The van der Waals surface area contributed by atoms with Gasteiger partial charge in [0.25, 0.3) is 0 Å². The molecule has 0 aromatic rings. The Labute approximate surface area is 95.2 Å². The summed E-state index contributed by atoms with van der Waals surface area (Å²) in [5.41, 5.74) is 0.468. The van der Waals surface area contributed by atoms with Crippen molar-refractivity contribution in [2.45, 2.75) is 38.6 Å². The van der Waals surface area contributed by atoms with Crippen LogP contribution in [-0.2, 0) is 14.3 Å². The van der Waals surface area contributed by atoms with Crippen molar-refractivity contribution in [1.82, 2.24) is 4.90 Å². The Balaban J connectivity index is 2.29. The maximum atomic E-state index is 12.0. The Kier molecular flexibility index (Phi) is 2.74. The molecule has 2 saturated heterocycles. The molecule has 0 aliphatic carbocycles. The standard InChI is InChI=1S/C12H17NO3/c1-3-9-7-12(11(15)16-4-2)6-5-10(14)13(12)8-9/h3H,4-8H2,1-2H3. The van der Waals surface area contributed by atoms with Crippen molar-refractivity contribution in [2.75, 3.05) is 13.2 Å². The van der Waals surface area contributed by atoms with Gasteiger partial charge in [-0.1, -0.05) is 11.6 Å². The predicted molar refractivity (Wildman–Crippen MR) is 58.7 cm³/mol. The topological polar surface area (TPSA) is 46.6 Å². The van der Waals surface area contributed by atoms with E-state index in [1.165, 1.54) is 0 Å². The van der Waals surface area contributed by atoms with Crippen LogP contribution in [0.3, 0.4) is 0 Å². The molecule has 4 heteroatoms. The second kappa shape index (κ2) is 3.92. The molecule has 1 atom stereocenters. The van der Waals surface area contributed by atoms with Crippen molar-refractivity contribution in [3.8, 4) is 0 Å². The lowest BCUT2D eigenvalue weighted by Gasteiger charge is -2.28. The van der Waals surface area contributed by atoms with Gasteiger partial charge < -0.3 is 9.64 Å². The SMILES string of the molecule is CC=C1CN2C(=O)CCC2(C(=O)OCC)C1. The minimum Gasteiger partial charge on any atom is -0.464 e. The maximum absolute atomic E-state index is 12.0. The summed E-state index contributed by atoms with van der Waals surface area (Å²) in [5.74, 6) is -0.164. The van der Waals surface area contributed by atoms with E-state index < -0.39 is 5.54 Å². The van der Waals surface area contributed by atoms with Crippen molar-refractivity contribution in [3.63, 3.8) is 0 Å². The van der Waals surface area contributed by atoms with Gasteiger partial charge in [-0.15, -0.1) is 0 Å². The monoisotopic (exact) mass is 223 g/mol. The van der Waals surface area contributed by atoms with E-state index in [0.29, 0.717) is 32.4 Å². The van der Waals surface area contributed by atoms with E-state index >= 15 is 0 Å². The average molecular weight is 223 g/mol. The lowest BCUT2D eigenvalue weighted by Crippen LogP contribution is -2.48. The molecule has 2 heterocycles. The maximum Gasteiger partial charge on any atom is 0.332 e. The van der Waals surface area contributed by atoms with Crippen LogP contribution < -0.4 is 0 Å². The molecule has 1 amide bonds. The zero-order valence-corrected chi connectivity index (χ0v) is 9.78. The zero-order valence-electron chi connectivity index (χ0n) is 9.78. The van der Waals surface area contributed by atoms with Crippen molar-refractivity contribution >= 4 is 11.9 Å². The average Bonchev–Trinajstić information content (AvgIpc) is 2.78.